The van der Waals surface area contributed by atoms with Gasteiger partial charge in [0.25, 0.3) is 0 Å². The number of hydrogen-bond acceptors (Lipinski definition) is 2. The minimum atomic E-state index is 0.896. The van der Waals surface area contributed by atoms with Gasteiger partial charge in [0.15, 0.2) is 0 Å². The Morgan fingerprint density at radius 3 is 3.00 bits per heavy atom. The van der Waals surface area contributed by atoms with Crippen LogP contribution >= 0.6 is 24.2 Å². The Hall–Kier alpha value is -0.0200. The monoisotopic (exact) mass is 133 g/mol. The molecule has 3 heteroatoms. The van der Waals surface area contributed by atoms with Crippen LogP contribution in [-0.2, 0) is 0 Å². The second kappa shape index (κ2) is 5.98. The van der Waals surface area contributed by atoms with Gasteiger partial charge in [-0.15, -0.1) is 6.58 Å². The second-order valence-electron chi connectivity index (χ2n) is 0.835. The van der Waals surface area contributed by atoms with Crippen LogP contribution in [0.4, 0.5) is 0 Å². The highest BCUT2D eigenvalue weighted by molar-refractivity contribution is 7.98. The van der Waals surface area contributed by atoms with Crippen LogP contribution in [0.2, 0.25) is 0 Å². The van der Waals surface area contributed by atoms with Crippen LogP contribution < -0.4 is 4.72 Å². The van der Waals surface area contributed by atoms with Gasteiger partial charge in [0.1, 0.15) is 0 Å². The molecular formula is C4H7NS2. The van der Waals surface area contributed by atoms with Crippen molar-refractivity contribution in [3.8, 4) is 0 Å². The highest BCUT2D eigenvalue weighted by atomic mass is 32.2. The Kier molecular flexibility index (Phi) is 5.96. The molecule has 0 aromatic heterocycles. The largest absolute Gasteiger partial charge is 0.327 e. The zero-order valence-electron chi connectivity index (χ0n) is 3.89. The van der Waals surface area contributed by atoms with Gasteiger partial charge < -0.3 is 4.72 Å². The summed E-state index contributed by atoms with van der Waals surface area (Å²) in [5, 5.41) is 0. The number of hydrogen-bond donors (Lipinski definition) is 1. The molecule has 0 heterocycles. The molecule has 0 bridgehead atoms. The lowest BCUT2D eigenvalue weighted by atomic mass is 10.8. The van der Waals surface area contributed by atoms with Gasteiger partial charge in [0.05, 0.1) is 5.49 Å². The van der Waals surface area contributed by atoms with E-state index in [-0.39, 0.29) is 0 Å². The van der Waals surface area contributed by atoms with E-state index in [9.17, 15) is 0 Å². The summed E-state index contributed by atoms with van der Waals surface area (Å²) in [4.78, 5) is 0. The minimum Gasteiger partial charge on any atom is -0.327 e. The smallest absolute Gasteiger partial charge is 0.0714 e. The van der Waals surface area contributed by atoms with Crippen LogP contribution in [0.15, 0.2) is 12.7 Å². The maximum absolute atomic E-state index is 4.47. The predicted octanol–water partition coefficient (Wildman–Crippen LogP) is 1.37. The summed E-state index contributed by atoms with van der Waals surface area (Å²) >= 11 is 6.00. The third-order valence-electron chi connectivity index (χ3n) is 0.333. The molecule has 0 amide bonds. The van der Waals surface area contributed by atoms with Crippen molar-refractivity contribution in [1.82, 2.24) is 4.72 Å². The standard InChI is InChI=1S/C4H7NS2/c1-2-3-7-5-4-6/h2,4H,1,3H2,(H,5,6). The Morgan fingerprint density at radius 2 is 2.57 bits per heavy atom. The first-order valence-corrected chi connectivity index (χ1v) is 3.29. The van der Waals surface area contributed by atoms with Crippen molar-refractivity contribution in [2.45, 2.75) is 0 Å². The van der Waals surface area contributed by atoms with Crippen LogP contribution in [0.1, 0.15) is 0 Å². The molecule has 0 rings (SSSR count). The fourth-order valence-corrected chi connectivity index (χ4v) is 0.627. The average Bonchev–Trinajstić information content (AvgIpc) is 1.69. The van der Waals surface area contributed by atoms with Crippen molar-refractivity contribution in [3.05, 3.63) is 12.7 Å². The van der Waals surface area contributed by atoms with Gasteiger partial charge in [-0.2, -0.15) is 0 Å². The second-order valence-corrected chi connectivity index (χ2v) is 1.93. The molecule has 7 heavy (non-hydrogen) atoms. The van der Waals surface area contributed by atoms with E-state index in [1.54, 1.807) is 0 Å². The van der Waals surface area contributed by atoms with Crippen LogP contribution in [0.5, 0.6) is 0 Å². The molecule has 0 fully saturated rings. The topological polar surface area (TPSA) is 12.0 Å². The lowest BCUT2D eigenvalue weighted by Gasteiger charge is -1.88. The molecule has 0 atom stereocenters. The zero-order valence-corrected chi connectivity index (χ0v) is 5.52. The lowest BCUT2D eigenvalue weighted by Crippen LogP contribution is -1.95. The summed E-state index contributed by atoms with van der Waals surface area (Å²) in [6.45, 7) is 3.52. The van der Waals surface area contributed by atoms with Crippen molar-refractivity contribution >= 4 is 29.7 Å². The summed E-state index contributed by atoms with van der Waals surface area (Å²) in [5.41, 5.74) is 1.48. The van der Waals surface area contributed by atoms with Crippen molar-refractivity contribution in [2.75, 3.05) is 5.75 Å². The molecule has 0 radical (unpaired) electrons. The van der Waals surface area contributed by atoms with E-state index in [1.165, 1.54) is 17.4 Å². The Balaban J connectivity index is 2.68. The minimum absolute atomic E-state index is 0.896. The quantitative estimate of drug-likeness (QED) is 0.269. The summed E-state index contributed by atoms with van der Waals surface area (Å²) < 4.78 is 2.78. The number of nitrogens with one attached hydrogen (secondary N) is 1. The van der Waals surface area contributed by atoms with Gasteiger partial charge in [-0.3, -0.25) is 0 Å². The van der Waals surface area contributed by atoms with Gasteiger partial charge in [-0.25, -0.2) is 0 Å². The van der Waals surface area contributed by atoms with E-state index in [0.717, 1.165) is 5.75 Å². The highest BCUT2D eigenvalue weighted by Gasteiger charge is 1.71. The SMILES string of the molecule is C=CCSNC=S. The first-order valence-electron chi connectivity index (χ1n) is 1.83. The summed E-state index contributed by atoms with van der Waals surface area (Å²) in [6, 6.07) is 0. The highest BCUT2D eigenvalue weighted by Crippen LogP contribution is 1.88. The molecule has 0 aromatic rings. The van der Waals surface area contributed by atoms with E-state index in [0.29, 0.717) is 0 Å². The Labute approximate surface area is 53.3 Å². The fourth-order valence-electron chi connectivity index (χ4n) is 0.141. The van der Waals surface area contributed by atoms with Crippen molar-refractivity contribution in [1.29, 1.82) is 0 Å². The van der Waals surface area contributed by atoms with E-state index in [4.69, 9.17) is 0 Å². The average molecular weight is 133 g/mol. The first-order chi connectivity index (χ1) is 3.41. The molecule has 0 aromatic carbocycles. The fraction of sp³-hybridized carbons (Fsp3) is 0.250. The van der Waals surface area contributed by atoms with Gasteiger partial charge in [0.2, 0.25) is 0 Å². The molecule has 0 saturated heterocycles. The summed E-state index contributed by atoms with van der Waals surface area (Å²) in [7, 11) is 0. The van der Waals surface area contributed by atoms with E-state index < -0.39 is 0 Å². The maximum atomic E-state index is 4.47. The van der Waals surface area contributed by atoms with Crippen LogP contribution in [0.25, 0.3) is 0 Å². The summed E-state index contributed by atoms with van der Waals surface area (Å²) in [5.74, 6) is 0.896. The Bertz CT molecular complexity index is 54.7. The zero-order chi connectivity index (χ0) is 5.54. The molecule has 0 saturated carbocycles. The van der Waals surface area contributed by atoms with Gasteiger partial charge in [-0.05, 0) is 11.9 Å². The molecular weight excluding hydrogens is 126 g/mol. The first kappa shape index (κ1) is 6.98. The molecule has 0 aliphatic rings. The van der Waals surface area contributed by atoms with Crippen LogP contribution in [0, 0.1) is 0 Å². The molecule has 1 N–H and O–H groups in total. The Morgan fingerprint density at radius 1 is 1.86 bits per heavy atom. The molecule has 0 unspecified atom stereocenters. The lowest BCUT2D eigenvalue weighted by molar-refractivity contribution is 1.62. The molecule has 0 spiro atoms. The van der Waals surface area contributed by atoms with Crippen molar-refractivity contribution in [2.24, 2.45) is 0 Å². The van der Waals surface area contributed by atoms with Gasteiger partial charge in [-0.1, -0.05) is 18.3 Å². The third kappa shape index (κ3) is 5.98. The van der Waals surface area contributed by atoms with Crippen LogP contribution in [-0.4, -0.2) is 11.2 Å². The van der Waals surface area contributed by atoms with Crippen molar-refractivity contribution in [3.63, 3.8) is 0 Å². The predicted molar refractivity (Wildman–Crippen MR) is 39.4 cm³/mol. The van der Waals surface area contributed by atoms with Gasteiger partial charge in [0, 0.05) is 5.75 Å². The number of rotatable bonds is 4. The third-order valence-corrected chi connectivity index (χ3v) is 1.29. The van der Waals surface area contributed by atoms with Crippen molar-refractivity contribution < 1.29 is 0 Å². The summed E-state index contributed by atoms with van der Waals surface area (Å²) in [6.07, 6.45) is 1.82. The van der Waals surface area contributed by atoms with E-state index >= 15 is 0 Å². The molecule has 0 aliphatic carbocycles. The molecule has 0 aliphatic heterocycles. The van der Waals surface area contributed by atoms with E-state index in [1.807, 2.05) is 6.08 Å². The van der Waals surface area contributed by atoms with Gasteiger partial charge >= 0.3 is 0 Å². The number of thiocarbonyl (C=S) groups is 1. The maximum Gasteiger partial charge on any atom is 0.0714 e. The van der Waals surface area contributed by atoms with E-state index in [2.05, 4.69) is 23.5 Å². The van der Waals surface area contributed by atoms with Crippen LogP contribution in [0.3, 0.4) is 0 Å². The molecule has 40 valence electrons. The normalized spacial score (nSPS) is 7.43. The molecule has 1 nitrogen and oxygen atoms in total.